The van der Waals surface area contributed by atoms with Gasteiger partial charge in [0.25, 0.3) is 0 Å². The van der Waals surface area contributed by atoms with Crippen LogP contribution in [0.1, 0.15) is 24.8 Å². The summed E-state index contributed by atoms with van der Waals surface area (Å²) >= 11 is 0. The highest BCUT2D eigenvalue weighted by Crippen LogP contribution is 2.42. The van der Waals surface area contributed by atoms with Crippen LogP contribution in [0.4, 0.5) is 0 Å². The van der Waals surface area contributed by atoms with Gasteiger partial charge < -0.3 is 15.0 Å². The Kier molecular flexibility index (Phi) is 4.53. The second-order valence-electron chi connectivity index (χ2n) is 7.35. The van der Waals surface area contributed by atoms with Crippen molar-refractivity contribution >= 4 is 22.6 Å². The largest absolute Gasteiger partial charge is 0.497 e. The molecule has 0 saturated heterocycles. The highest BCUT2D eigenvalue weighted by molar-refractivity contribution is 5.85. The Morgan fingerprint density at radius 1 is 1.27 bits per heavy atom. The van der Waals surface area contributed by atoms with Crippen molar-refractivity contribution in [3.05, 3.63) is 42.1 Å². The van der Waals surface area contributed by atoms with E-state index in [-0.39, 0.29) is 17.7 Å². The zero-order valence-electron chi connectivity index (χ0n) is 15.0. The molecule has 2 bridgehead atoms. The predicted molar refractivity (Wildman–Crippen MR) is 100 cm³/mol. The fraction of sp³-hybridized carbons (Fsp3) is 0.429. The van der Waals surface area contributed by atoms with Crippen LogP contribution < -0.4 is 10.1 Å². The number of rotatable bonds is 6. The molecular weight excluding hydrogens is 328 g/mol. The minimum atomic E-state index is 0.0876. The first kappa shape index (κ1) is 16.9. The molecule has 2 atom stereocenters. The van der Waals surface area contributed by atoms with E-state index >= 15 is 0 Å². The summed E-state index contributed by atoms with van der Waals surface area (Å²) in [6, 6.07) is 5.97. The molecule has 1 saturated carbocycles. The Labute approximate surface area is 152 Å². The Balaban J connectivity index is 1.30. The Morgan fingerprint density at radius 3 is 2.77 bits per heavy atom. The second-order valence-corrected chi connectivity index (χ2v) is 7.35. The van der Waals surface area contributed by atoms with E-state index in [1.807, 2.05) is 24.4 Å². The van der Waals surface area contributed by atoms with E-state index in [1.54, 1.807) is 7.11 Å². The number of fused-ring (bicyclic) bond motifs is 3. The molecule has 1 heterocycles. The number of aromatic nitrogens is 1. The van der Waals surface area contributed by atoms with Gasteiger partial charge in [0.2, 0.25) is 5.91 Å². The molecule has 2 aliphatic carbocycles. The number of nitrogens with one attached hydrogen (secondary N) is 2. The highest BCUT2D eigenvalue weighted by Gasteiger charge is 2.39. The summed E-state index contributed by atoms with van der Waals surface area (Å²) in [5.74, 6) is 2.06. The maximum atomic E-state index is 12.3. The minimum Gasteiger partial charge on any atom is -0.497 e. The van der Waals surface area contributed by atoms with E-state index in [0.717, 1.165) is 23.1 Å². The van der Waals surface area contributed by atoms with E-state index in [2.05, 4.69) is 22.5 Å². The third-order valence-electron chi connectivity index (χ3n) is 5.74. The molecule has 2 aliphatic rings. The summed E-state index contributed by atoms with van der Waals surface area (Å²) in [5.41, 5.74) is 2.23. The predicted octanol–water partition coefficient (Wildman–Crippen LogP) is 3.01. The first-order valence-electron chi connectivity index (χ1n) is 9.25. The van der Waals surface area contributed by atoms with Gasteiger partial charge in [-0.25, -0.2) is 0 Å². The number of H-pyrrole nitrogens is 1. The Bertz CT molecular complexity index is 849. The summed E-state index contributed by atoms with van der Waals surface area (Å²) in [7, 11) is 1.66. The Morgan fingerprint density at radius 2 is 2.04 bits per heavy atom. The molecule has 0 radical (unpaired) electrons. The van der Waals surface area contributed by atoms with Gasteiger partial charge in [0, 0.05) is 49.0 Å². The molecule has 5 heteroatoms. The number of ether oxygens (including phenoxy) is 1. The molecule has 0 spiro atoms. The third-order valence-corrected chi connectivity index (χ3v) is 5.74. The average molecular weight is 352 g/mol. The number of benzene rings is 1. The molecule has 2 N–H and O–H groups in total. The van der Waals surface area contributed by atoms with Gasteiger partial charge in [-0.2, -0.15) is 0 Å². The topological polar surface area (TPSA) is 71.2 Å². The quantitative estimate of drug-likeness (QED) is 0.785. The van der Waals surface area contributed by atoms with Crippen molar-refractivity contribution in [2.24, 2.45) is 17.8 Å². The van der Waals surface area contributed by atoms with Crippen molar-refractivity contribution in [3.63, 3.8) is 0 Å². The highest BCUT2D eigenvalue weighted by atomic mass is 16.5. The fourth-order valence-electron chi connectivity index (χ4n) is 4.36. The third kappa shape index (κ3) is 3.26. The van der Waals surface area contributed by atoms with E-state index in [1.165, 1.54) is 5.56 Å². The molecule has 1 amide bonds. The van der Waals surface area contributed by atoms with Crippen LogP contribution in [-0.2, 0) is 16.0 Å². The lowest BCUT2D eigenvalue weighted by molar-refractivity contribution is -0.127. The molecule has 1 aromatic carbocycles. The summed E-state index contributed by atoms with van der Waals surface area (Å²) in [6.45, 7) is 0.617. The average Bonchev–Trinajstić information content (AvgIpc) is 3.13. The van der Waals surface area contributed by atoms with Gasteiger partial charge in [-0.05, 0) is 41.9 Å². The van der Waals surface area contributed by atoms with Crippen molar-refractivity contribution in [3.8, 4) is 5.75 Å². The van der Waals surface area contributed by atoms with E-state index in [0.29, 0.717) is 37.5 Å². The number of carbonyl (C=O) groups is 2. The van der Waals surface area contributed by atoms with Gasteiger partial charge in [0.1, 0.15) is 11.5 Å². The number of hydrogen-bond donors (Lipinski definition) is 2. The number of allylic oxidation sites excluding steroid dienone is 2. The fourth-order valence-corrected chi connectivity index (χ4v) is 4.36. The molecule has 0 aliphatic heterocycles. The van der Waals surface area contributed by atoms with Gasteiger partial charge >= 0.3 is 0 Å². The summed E-state index contributed by atoms with van der Waals surface area (Å²) in [5, 5.41) is 4.21. The van der Waals surface area contributed by atoms with Crippen molar-refractivity contribution < 1.29 is 14.3 Å². The SMILES string of the molecule is COc1ccc2c(CCNC(=O)CC3C4C=CC3CC(=O)C4)c[nH]c2c1. The van der Waals surface area contributed by atoms with Crippen LogP contribution in [-0.4, -0.2) is 30.3 Å². The molecule has 2 unspecified atom stereocenters. The number of methoxy groups -OCH3 is 1. The lowest BCUT2D eigenvalue weighted by atomic mass is 9.75. The molecule has 136 valence electrons. The van der Waals surface area contributed by atoms with Gasteiger partial charge in [0.15, 0.2) is 0 Å². The summed E-state index contributed by atoms with van der Waals surface area (Å²) < 4.78 is 5.24. The number of amides is 1. The van der Waals surface area contributed by atoms with Crippen LogP contribution in [0.5, 0.6) is 5.75 Å². The monoisotopic (exact) mass is 352 g/mol. The smallest absolute Gasteiger partial charge is 0.220 e. The van der Waals surface area contributed by atoms with Crippen molar-refractivity contribution in [2.45, 2.75) is 25.7 Å². The number of aromatic amines is 1. The van der Waals surface area contributed by atoms with Crippen LogP contribution in [0.2, 0.25) is 0 Å². The normalized spacial score (nSPS) is 24.2. The molecule has 2 aromatic rings. The maximum absolute atomic E-state index is 12.3. The Hall–Kier alpha value is -2.56. The molecule has 26 heavy (non-hydrogen) atoms. The molecule has 1 fully saturated rings. The standard InChI is InChI=1S/C21H24N2O3/c1-26-17-4-5-18-15(12-23-20(18)10-17)6-7-22-21(25)11-19-13-2-3-14(19)9-16(24)8-13/h2-5,10,12-14,19,23H,6-9,11H2,1H3,(H,22,25). The zero-order chi connectivity index (χ0) is 18.1. The van der Waals surface area contributed by atoms with Crippen molar-refractivity contribution in [1.82, 2.24) is 10.3 Å². The lowest BCUT2D eigenvalue weighted by Crippen LogP contribution is -2.33. The van der Waals surface area contributed by atoms with E-state index in [4.69, 9.17) is 4.74 Å². The number of ketones is 1. The van der Waals surface area contributed by atoms with E-state index in [9.17, 15) is 9.59 Å². The van der Waals surface area contributed by atoms with Crippen molar-refractivity contribution in [1.29, 1.82) is 0 Å². The molecular formula is C21H24N2O3. The summed E-state index contributed by atoms with van der Waals surface area (Å²) in [6.07, 6.45) is 8.76. The first-order valence-corrected chi connectivity index (χ1v) is 9.25. The van der Waals surface area contributed by atoms with E-state index < -0.39 is 0 Å². The van der Waals surface area contributed by atoms with Crippen LogP contribution in [0.3, 0.4) is 0 Å². The van der Waals surface area contributed by atoms with Gasteiger partial charge in [-0.1, -0.05) is 12.2 Å². The van der Waals surface area contributed by atoms with Crippen LogP contribution >= 0.6 is 0 Å². The minimum absolute atomic E-state index is 0.0876. The van der Waals surface area contributed by atoms with Gasteiger partial charge in [-0.3, -0.25) is 9.59 Å². The molecule has 1 aromatic heterocycles. The number of carbonyl (C=O) groups excluding carboxylic acids is 2. The van der Waals surface area contributed by atoms with Gasteiger partial charge in [-0.15, -0.1) is 0 Å². The van der Waals surface area contributed by atoms with Crippen LogP contribution in [0, 0.1) is 17.8 Å². The maximum Gasteiger partial charge on any atom is 0.220 e. The zero-order valence-corrected chi connectivity index (χ0v) is 15.0. The lowest BCUT2D eigenvalue weighted by Gasteiger charge is -2.28. The van der Waals surface area contributed by atoms with Crippen molar-refractivity contribution in [2.75, 3.05) is 13.7 Å². The first-order chi connectivity index (χ1) is 12.6. The number of hydrogen-bond acceptors (Lipinski definition) is 3. The second kappa shape index (κ2) is 6.98. The van der Waals surface area contributed by atoms with Gasteiger partial charge in [0.05, 0.1) is 7.11 Å². The van der Waals surface area contributed by atoms with Crippen LogP contribution in [0.15, 0.2) is 36.5 Å². The summed E-state index contributed by atoms with van der Waals surface area (Å²) in [4.78, 5) is 27.3. The van der Waals surface area contributed by atoms with Crippen LogP contribution in [0.25, 0.3) is 10.9 Å². The molecule has 4 rings (SSSR count). The number of Topliss-reactive ketones (excluding diaryl/α,β-unsaturated/α-hetero) is 1. The molecule has 5 nitrogen and oxygen atoms in total.